The Morgan fingerprint density at radius 1 is 1.47 bits per heavy atom. The predicted molar refractivity (Wildman–Crippen MR) is 48.2 cm³/mol. The van der Waals surface area contributed by atoms with Gasteiger partial charge < -0.3 is 14.6 Å². The van der Waals surface area contributed by atoms with Crippen molar-refractivity contribution in [2.45, 2.75) is 31.2 Å². The molecule has 0 aromatic rings. The summed E-state index contributed by atoms with van der Waals surface area (Å²) in [6, 6.07) is 0. The van der Waals surface area contributed by atoms with Crippen molar-refractivity contribution in [1.29, 1.82) is 0 Å². The maximum Gasteiger partial charge on any atom is 0.473 e. The summed E-state index contributed by atoms with van der Waals surface area (Å²) in [6.45, 7) is 5.26. The van der Waals surface area contributed by atoms with E-state index in [1.54, 1.807) is 6.92 Å². The minimum Gasteiger partial charge on any atom is -0.419 e. The Kier molecular flexibility index (Phi) is 4.73. The lowest BCUT2D eigenvalue weighted by atomic mass is 10.3. The van der Waals surface area contributed by atoms with Crippen molar-refractivity contribution in [1.82, 2.24) is 0 Å². The molecule has 2 atom stereocenters. The fraction of sp³-hybridized carbons (Fsp3) is 0.750. The highest BCUT2D eigenvalue weighted by atomic mass is 35.5. The number of hydrogen-bond donors (Lipinski definition) is 1. The molecule has 0 saturated carbocycles. The first-order valence-corrected chi connectivity index (χ1v) is 4.44. The molecule has 0 aromatic heterocycles. The largest absolute Gasteiger partial charge is 0.473 e. The van der Waals surface area contributed by atoms with Crippen LogP contribution in [0.5, 0.6) is 0 Å². The molecule has 90 valence electrons. The van der Waals surface area contributed by atoms with Gasteiger partial charge in [-0.3, -0.25) is 0 Å². The van der Waals surface area contributed by atoms with E-state index in [2.05, 4.69) is 16.1 Å². The van der Waals surface area contributed by atoms with Crippen molar-refractivity contribution < 1.29 is 27.8 Å². The summed E-state index contributed by atoms with van der Waals surface area (Å²) in [5.74, 6) is -3.79. The average Bonchev–Trinajstić information content (AvgIpc) is 2.19. The molecular weight excluding hydrogens is 237 g/mol. The normalized spacial score (nSPS) is 29.7. The molecule has 1 saturated heterocycles. The summed E-state index contributed by atoms with van der Waals surface area (Å²) >= 11 is 5.21. The van der Waals surface area contributed by atoms with Gasteiger partial charge in [-0.1, -0.05) is 0 Å². The Morgan fingerprint density at radius 3 is 1.93 bits per heavy atom. The van der Waals surface area contributed by atoms with Crippen molar-refractivity contribution in [3.05, 3.63) is 12.5 Å². The van der Waals surface area contributed by atoms with Crippen LogP contribution in [0.15, 0.2) is 12.5 Å². The minimum atomic E-state index is -3.93. The number of aliphatic hydroxyl groups is 1. The van der Waals surface area contributed by atoms with Crippen LogP contribution in [0.3, 0.4) is 0 Å². The predicted octanol–water partition coefficient (Wildman–Crippen LogP) is 2.39. The second-order valence-corrected chi connectivity index (χ2v) is 3.72. The standard InChI is InChI=1S/C5H5F3O2.C3H7ClO/c1-3-9-4(2,6)5(7,8)10-3;1-3(4)2-5/h1H2,2H3;3,5H,2H2,1H3. The zero-order valence-corrected chi connectivity index (χ0v) is 9.02. The first-order valence-electron chi connectivity index (χ1n) is 4.01. The van der Waals surface area contributed by atoms with Crippen LogP contribution in [-0.4, -0.2) is 29.1 Å². The molecular formula is C8H12ClF3O3. The second-order valence-electron chi connectivity index (χ2n) is 2.97. The highest BCUT2D eigenvalue weighted by molar-refractivity contribution is 6.20. The highest BCUT2D eigenvalue weighted by Crippen LogP contribution is 2.43. The van der Waals surface area contributed by atoms with Crippen LogP contribution in [0, 0.1) is 0 Å². The van der Waals surface area contributed by atoms with E-state index >= 15 is 0 Å². The molecule has 0 bridgehead atoms. The minimum absolute atomic E-state index is 0.0710. The van der Waals surface area contributed by atoms with E-state index in [-0.39, 0.29) is 12.0 Å². The summed E-state index contributed by atoms with van der Waals surface area (Å²) in [5.41, 5.74) is 0. The first kappa shape index (κ1) is 14.4. The van der Waals surface area contributed by atoms with Gasteiger partial charge in [0, 0.05) is 6.92 Å². The average molecular weight is 249 g/mol. The van der Waals surface area contributed by atoms with Gasteiger partial charge in [0.05, 0.1) is 12.0 Å². The zero-order chi connectivity index (χ0) is 12.3. The van der Waals surface area contributed by atoms with E-state index in [1.165, 1.54) is 0 Å². The number of halogens is 4. The molecule has 1 rings (SSSR count). The number of alkyl halides is 4. The van der Waals surface area contributed by atoms with Gasteiger partial charge in [-0.25, -0.2) is 0 Å². The Hall–Kier alpha value is -0.620. The van der Waals surface area contributed by atoms with Gasteiger partial charge in [-0.05, 0) is 13.5 Å². The van der Waals surface area contributed by atoms with Gasteiger partial charge in [0.15, 0.2) is 0 Å². The molecule has 1 aliphatic rings. The van der Waals surface area contributed by atoms with E-state index in [0.29, 0.717) is 6.92 Å². The summed E-state index contributed by atoms with van der Waals surface area (Å²) < 4.78 is 44.4. The van der Waals surface area contributed by atoms with Crippen molar-refractivity contribution in [2.24, 2.45) is 0 Å². The van der Waals surface area contributed by atoms with Crippen LogP contribution in [0.2, 0.25) is 0 Å². The van der Waals surface area contributed by atoms with Crippen molar-refractivity contribution >= 4 is 11.6 Å². The molecule has 1 heterocycles. The third kappa shape index (κ3) is 4.17. The molecule has 2 unspecified atom stereocenters. The summed E-state index contributed by atoms with van der Waals surface area (Å²) in [4.78, 5) is 0. The van der Waals surface area contributed by atoms with Crippen molar-refractivity contribution in [3.8, 4) is 0 Å². The van der Waals surface area contributed by atoms with Gasteiger partial charge in [0.25, 0.3) is 5.95 Å². The van der Waals surface area contributed by atoms with E-state index in [4.69, 9.17) is 16.7 Å². The smallest absolute Gasteiger partial charge is 0.419 e. The number of hydrogen-bond acceptors (Lipinski definition) is 3. The molecule has 1 aliphatic heterocycles. The Bertz CT molecular complexity index is 213. The van der Waals surface area contributed by atoms with Gasteiger partial charge in [0.2, 0.25) is 0 Å². The molecule has 15 heavy (non-hydrogen) atoms. The molecule has 1 N–H and O–H groups in total. The lowest BCUT2D eigenvalue weighted by Crippen LogP contribution is -2.37. The van der Waals surface area contributed by atoms with E-state index in [0.717, 1.165) is 0 Å². The molecule has 7 heteroatoms. The number of aliphatic hydroxyl groups excluding tert-OH is 1. The fourth-order valence-electron chi connectivity index (χ4n) is 0.528. The maximum atomic E-state index is 12.5. The topological polar surface area (TPSA) is 38.7 Å². The van der Waals surface area contributed by atoms with Crippen LogP contribution < -0.4 is 0 Å². The molecule has 1 fully saturated rings. The Balaban J connectivity index is 0.000000336. The maximum absolute atomic E-state index is 12.5. The first-order chi connectivity index (χ1) is 6.62. The second kappa shape index (κ2) is 4.94. The van der Waals surface area contributed by atoms with Gasteiger partial charge in [-0.15, -0.1) is 11.6 Å². The highest BCUT2D eigenvalue weighted by Gasteiger charge is 2.62. The van der Waals surface area contributed by atoms with E-state index in [9.17, 15) is 13.2 Å². The molecule has 0 spiro atoms. The van der Waals surface area contributed by atoms with Gasteiger partial charge >= 0.3 is 12.0 Å². The van der Waals surface area contributed by atoms with Crippen LogP contribution in [-0.2, 0) is 9.47 Å². The molecule has 0 radical (unpaired) electrons. The number of ether oxygens (including phenoxy) is 2. The monoisotopic (exact) mass is 248 g/mol. The zero-order valence-electron chi connectivity index (χ0n) is 8.27. The van der Waals surface area contributed by atoms with E-state index in [1.807, 2.05) is 0 Å². The van der Waals surface area contributed by atoms with Crippen LogP contribution in [0.25, 0.3) is 0 Å². The third-order valence-electron chi connectivity index (χ3n) is 1.32. The van der Waals surface area contributed by atoms with Gasteiger partial charge in [0.1, 0.15) is 0 Å². The molecule has 0 amide bonds. The Morgan fingerprint density at radius 2 is 1.87 bits per heavy atom. The molecule has 0 aromatic carbocycles. The quantitative estimate of drug-likeness (QED) is 0.724. The lowest BCUT2D eigenvalue weighted by molar-refractivity contribution is -0.280. The Labute approximate surface area is 90.4 Å². The summed E-state index contributed by atoms with van der Waals surface area (Å²) in [6.07, 6.45) is -3.93. The van der Waals surface area contributed by atoms with E-state index < -0.39 is 17.9 Å². The van der Waals surface area contributed by atoms with Crippen LogP contribution in [0.4, 0.5) is 13.2 Å². The molecule has 0 aliphatic carbocycles. The van der Waals surface area contributed by atoms with Crippen molar-refractivity contribution in [2.75, 3.05) is 6.61 Å². The van der Waals surface area contributed by atoms with Gasteiger partial charge in [-0.2, -0.15) is 13.2 Å². The SMILES string of the molecule is C=C1OC(C)(F)C(F)(F)O1.CC(Cl)CO. The summed E-state index contributed by atoms with van der Waals surface area (Å²) in [7, 11) is 0. The van der Waals surface area contributed by atoms with Crippen molar-refractivity contribution in [3.63, 3.8) is 0 Å². The number of rotatable bonds is 1. The summed E-state index contributed by atoms with van der Waals surface area (Å²) in [5, 5.41) is 7.92. The lowest BCUT2D eigenvalue weighted by Gasteiger charge is -2.15. The van der Waals surface area contributed by atoms with Crippen LogP contribution >= 0.6 is 11.6 Å². The molecule has 3 nitrogen and oxygen atoms in total. The van der Waals surface area contributed by atoms with Crippen LogP contribution in [0.1, 0.15) is 13.8 Å². The fourth-order valence-corrected chi connectivity index (χ4v) is 0.528. The third-order valence-corrected chi connectivity index (χ3v) is 1.46.